The highest BCUT2D eigenvalue weighted by Gasteiger charge is 2.46. The molecule has 2 N–H and O–H groups in total. The lowest BCUT2D eigenvalue weighted by Crippen LogP contribution is -2.38. The van der Waals surface area contributed by atoms with Crippen molar-refractivity contribution < 1.29 is 24.5 Å². The molecule has 176 valence electrons. The van der Waals surface area contributed by atoms with E-state index in [-0.39, 0.29) is 34.2 Å². The van der Waals surface area contributed by atoms with Gasteiger partial charge in [-0.25, -0.2) is 0 Å². The molecule has 8 heteroatoms. The lowest BCUT2D eigenvalue weighted by atomic mass is 9.95. The quantitative estimate of drug-likeness (QED) is 0.323. The number of nitrogens with zero attached hydrogens (tertiary/aromatic N) is 2. The van der Waals surface area contributed by atoms with Crippen LogP contribution in [0.3, 0.4) is 0 Å². The third kappa shape index (κ3) is 5.15. The van der Waals surface area contributed by atoms with E-state index in [1.807, 2.05) is 20.8 Å². The van der Waals surface area contributed by atoms with Crippen molar-refractivity contribution >= 4 is 29.1 Å². The number of Topliss-reactive ketones (excluding diaryl/α,β-unsaturated/α-hetero) is 1. The first-order valence-electron chi connectivity index (χ1n) is 11.0. The van der Waals surface area contributed by atoms with E-state index in [0.717, 1.165) is 13.1 Å². The maximum absolute atomic E-state index is 13.1. The number of phenols is 1. The van der Waals surface area contributed by atoms with Crippen LogP contribution < -0.4 is 4.74 Å². The van der Waals surface area contributed by atoms with Gasteiger partial charge < -0.3 is 24.7 Å². The van der Waals surface area contributed by atoms with Crippen LogP contribution in [0.15, 0.2) is 48.0 Å². The molecule has 0 bridgehead atoms. The Labute approximate surface area is 198 Å². The standard InChI is InChI=1S/C25H29ClN2O5/c1-4-27(5-2)12-13-28-22(16-8-7-9-17(29)14-16)21(24(31)25(28)32)23(30)19-15-18(33-6-3)10-11-20(19)26/h7-11,14-15,22,29-30H,4-6,12-13H2,1-3H3/b23-21+. The van der Waals surface area contributed by atoms with Crippen LogP contribution in [0.4, 0.5) is 0 Å². The van der Waals surface area contributed by atoms with Gasteiger partial charge in [-0.3, -0.25) is 9.59 Å². The van der Waals surface area contributed by atoms with Crippen LogP contribution in [0.2, 0.25) is 5.02 Å². The van der Waals surface area contributed by atoms with Crippen molar-refractivity contribution in [2.45, 2.75) is 26.8 Å². The molecule has 1 aliphatic rings. The number of carbonyl (C=O) groups excluding carboxylic acids is 2. The molecule has 1 heterocycles. The predicted octanol–water partition coefficient (Wildman–Crippen LogP) is 4.21. The van der Waals surface area contributed by atoms with Gasteiger partial charge >= 0.3 is 0 Å². The van der Waals surface area contributed by atoms with Crippen LogP contribution in [-0.4, -0.2) is 64.5 Å². The molecule has 1 atom stereocenters. The summed E-state index contributed by atoms with van der Waals surface area (Å²) in [6.07, 6.45) is 0. The van der Waals surface area contributed by atoms with Crippen LogP contribution in [0.1, 0.15) is 37.9 Å². The van der Waals surface area contributed by atoms with E-state index < -0.39 is 17.7 Å². The highest BCUT2D eigenvalue weighted by atomic mass is 35.5. The molecule has 1 unspecified atom stereocenters. The van der Waals surface area contributed by atoms with E-state index in [9.17, 15) is 19.8 Å². The van der Waals surface area contributed by atoms with E-state index in [4.69, 9.17) is 16.3 Å². The van der Waals surface area contributed by atoms with Gasteiger partial charge in [0.2, 0.25) is 0 Å². The number of phenolic OH excluding ortho intramolecular Hbond substituents is 1. The first kappa shape index (κ1) is 24.6. The molecule has 0 radical (unpaired) electrons. The monoisotopic (exact) mass is 472 g/mol. The summed E-state index contributed by atoms with van der Waals surface area (Å²) in [4.78, 5) is 29.8. The Morgan fingerprint density at radius 2 is 1.85 bits per heavy atom. The maximum atomic E-state index is 13.1. The lowest BCUT2D eigenvalue weighted by molar-refractivity contribution is -0.140. The number of likely N-dealkylation sites (N-methyl/N-ethyl adjacent to an activating group) is 1. The van der Waals surface area contributed by atoms with Gasteiger partial charge in [-0.1, -0.05) is 37.6 Å². The Bertz CT molecular complexity index is 1060. The number of rotatable bonds is 9. The number of hydrogen-bond acceptors (Lipinski definition) is 6. The van der Waals surface area contributed by atoms with Crippen molar-refractivity contribution in [3.63, 3.8) is 0 Å². The van der Waals surface area contributed by atoms with Crippen molar-refractivity contribution in [3.05, 3.63) is 64.2 Å². The zero-order valence-electron chi connectivity index (χ0n) is 19.0. The molecule has 7 nitrogen and oxygen atoms in total. The van der Waals surface area contributed by atoms with Gasteiger partial charge in [-0.05, 0) is 55.9 Å². The van der Waals surface area contributed by atoms with E-state index in [1.165, 1.54) is 17.0 Å². The van der Waals surface area contributed by atoms with Crippen molar-refractivity contribution in [1.82, 2.24) is 9.80 Å². The summed E-state index contributed by atoms with van der Waals surface area (Å²) in [6, 6.07) is 10.3. The maximum Gasteiger partial charge on any atom is 0.295 e. The SMILES string of the molecule is CCOc1ccc(Cl)c(/C(O)=C2\C(=O)C(=O)N(CCN(CC)CC)C2c2cccc(O)c2)c1. The average molecular weight is 473 g/mol. The summed E-state index contributed by atoms with van der Waals surface area (Å²) in [5, 5.41) is 21.5. The molecule has 1 saturated heterocycles. The molecule has 33 heavy (non-hydrogen) atoms. The Kier molecular flexibility index (Phi) is 8.00. The second-order valence-corrected chi connectivity index (χ2v) is 8.10. The van der Waals surface area contributed by atoms with Crippen LogP contribution >= 0.6 is 11.6 Å². The van der Waals surface area contributed by atoms with E-state index >= 15 is 0 Å². The second kappa shape index (κ2) is 10.7. The summed E-state index contributed by atoms with van der Waals surface area (Å²) in [5.41, 5.74) is 0.655. The number of hydrogen-bond donors (Lipinski definition) is 2. The minimum absolute atomic E-state index is 0.00166. The first-order chi connectivity index (χ1) is 15.8. The lowest BCUT2D eigenvalue weighted by Gasteiger charge is -2.28. The number of likely N-dealkylation sites (tertiary alicyclic amines) is 1. The number of ketones is 1. The molecule has 0 spiro atoms. The highest BCUT2D eigenvalue weighted by molar-refractivity contribution is 6.47. The molecular weight excluding hydrogens is 444 g/mol. The number of ether oxygens (including phenoxy) is 1. The summed E-state index contributed by atoms with van der Waals surface area (Å²) in [5.74, 6) is -1.39. The first-order valence-corrected chi connectivity index (χ1v) is 11.4. The Morgan fingerprint density at radius 3 is 2.48 bits per heavy atom. The summed E-state index contributed by atoms with van der Waals surface area (Å²) in [6.45, 7) is 8.76. The number of aliphatic hydroxyl groups excluding tert-OH is 1. The number of aromatic hydroxyl groups is 1. The fourth-order valence-corrected chi connectivity index (χ4v) is 4.24. The van der Waals surface area contributed by atoms with Gasteiger partial charge in [-0.2, -0.15) is 0 Å². The van der Waals surface area contributed by atoms with Crippen LogP contribution in [0, 0.1) is 0 Å². The molecule has 0 saturated carbocycles. The smallest absolute Gasteiger partial charge is 0.295 e. The normalized spacial score (nSPS) is 17.7. The van der Waals surface area contributed by atoms with Crippen molar-refractivity contribution in [1.29, 1.82) is 0 Å². The van der Waals surface area contributed by atoms with Gasteiger partial charge in [0.25, 0.3) is 11.7 Å². The van der Waals surface area contributed by atoms with Crippen LogP contribution in [0.5, 0.6) is 11.5 Å². The molecule has 0 aliphatic carbocycles. The van der Waals surface area contributed by atoms with Gasteiger partial charge in [0.05, 0.1) is 23.2 Å². The highest BCUT2D eigenvalue weighted by Crippen LogP contribution is 2.41. The van der Waals surface area contributed by atoms with E-state index in [2.05, 4.69) is 4.90 Å². The minimum Gasteiger partial charge on any atom is -0.508 e. The Hall–Kier alpha value is -3.03. The summed E-state index contributed by atoms with van der Waals surface area (Å²) >= 11 is 6.34. The van der Waals surface area contributed by atoms with Gasteiger partial charge in [0.1, 0.15) is 17.3 Å². The molecule has 1 amide bonds. The third-order valence-corrected chi connectivity index (χ3v) is 6.11. The molecule has 3 rings (SSSR count). The van der Waals surface area contributed by atoms with Gasteiger partial charge in [-0.15, -0.1) is 0 Å². The van der Waals surface area contributed by atoms with Crippen molar-refractivity contribution in [2.75, 3.05) is 32.8 Å². The third-order valence-electron chi connectivity index (χ3n) is 5.78. The topological polar surface area (TPSA) is 90.3 Å². The molecule has 1 fully saturated rings. The number of benzene rings is 2. The van der Waals surface area contributed by atoms with E-state index in [0.29, 0.717) is 24.5 Å². The Balaban J connectivity index is 2.14. The van der Waals surface area contributed by atoms with Crippen molar-refractivity contribution in [2.24, 2.45) is 0 Å². The molecule has 2 aromatic rings. The van der Waals surface area contributed by atoms with Crippen molar-refractivity contribution in [3.8, 4) is 11.5 Å². The summed E-state index contributed by atoms with van der Waals surface area (Å²) in [7, 11) is 0. The molecule has 1 aliphatic heterocycles. The molecule has 0 aromatic heterocycles. The predicted molar refractivity (Wildman–Crippen MR) is 128 cm³/mol. The molecular formula is C25H29ClN2O5. The fraction of sp³-hybridized carbons (Fsp3) is 0.360. The minimum atomic E-state index is -0.862. The van der Waals surface area contributed by atoms with E-state index in [1.54, 1.807) is 30.3 Å². The van der Waals surface area contributed by atoms with Crippen LogP contribution in [0.25, 0.3) is 5.76 Å². The largest absolute Gasteiger partial charge is 0.508 e. The number of carbonyl (C=O) groups is 2. The Morgan fingerprint density at radius 1 is 1.12 bits per heavy atom. The average Bonchev–Trinajstić information content (AvgIpc) is 3.05. The number of aliphatic hydroxyl groups is 1. The zero-order chi connectivity index (χ0) is 24.1. The van der Waals surface area contributed by atoms with Gasteiger partial charge in [0.15, 0.2) is 0 Å². The van der Waals surface area contributed by atoms with Crippen LogP contribution in [-0.2, 0) is 9.59 Å². The number of amides is 1. The summed E-state index contributed by atoms with van der Waals surface area (Å²) < 4.78 is 5.51. The second-order valence-electron chi connectivity index (χ2n) is 7.69. The zero-order valence-corrected chi connectivity index (χ0v) is 19.8. The van der Waals surface area contributed by atoms with Gasteiger partial charge in [0, 0.05) is 18.7 Å². The number of halogens is 1. The fourth-order valence-electron chi connectivity index (χ4n) is 4.03. The molecule has 2 aromatic carbocycles.